The van der Waals surface area contributed by atoms with Crippen LogP contribution >= 0.6 is 0 Å². The molecule has 0 aliphatic carbocycles. The third-order valence-electron chi connectivity index (χ3n) is 1.66. The highest BCUT2D eigenvalue weighted by Gasteiger charge is 2.09. The first-order chi connectivity index (χ1) is 7.35. The van der Waals surface area contributed by atoms with E-state index in [4.69, 9.17) is 20.5 Å². The molecule has 1 unspecified atom stereocenters. The molecule has 80 valence electrons. The lowest BCUT2D eigenvalue weighted by Crippen LogP contribution is -2.13. The Morgan fingerprint density at radius 3 is 2.13 bits per heavy atom. The summed E-state index contributed by atoms with van der Waals surface area (Å²) in [5, 5.41) is 24.6. The van der Waals surface area contributed by atoms with Crippen LogP contribution in [-0.4, -0.2) is 19.3 Å². The van der Waals surface area contributed by atoms with Gasteiger partial charge in [-0.25, -0.2) is 0 Å². The molecule has 0 fully saturated rings. The van der Waals surface area contributed by atoms with Crippen LogP contribution in [-0.2, 0) is 14.2 Å². The molecule has 0 bridgehead atoms. The minimum absolute atomic E-state index is 0.224. The Morgan fingerprint density at radius 2 is 1.53 bits per heavy atom. The van der Waals surface area contributed by atoms with Crippen LogP contribution < -0.4 is 0 Å². The molecular formula is C9H11N3O3. The molecule has 0 aromatic rings. The van der Waals surface area contributed by atoms with Crippen LogP contribution in [0, 0.1) is 34.6 Å². The molecule has 6 nitrogen and oxygen atoms in total. The van der Waals surface area contributed by atoms with E-state index < -0.39 is 0 Å². The van der Waals surface area contributed by atoms with Crippen LogP contribution in [0.15, 0.2) is 0 Å². The zero-order valence-electron chi connectivity index (χ0n) is 8.18. The summed E-state index contributed by atoms with van der Waals surface area (Å²) in [5.74, 6) is 0. The SMILES string of the molecule is N#COCCCC(CCOC#N)OC#N. The van der Waals surface area contributed by atoms with Crippen LogP contribution in [0.1, 0.15) is 19.3 Å². The molecule has 0 heterocycles. The topological polar surface area (TPSA) is 99.1 Å². The predicted molar refractivity (Wildman–Crippen MR) is 47.5 cm³/mol. The van der Waals surface area contributed by atoms with Gasteiger partial charge in [-0.05, 0) is 12.8 Å². The van der Waals surface area contributed by atoms with Crippen molar-refractivity contribution in [3.05, 3.63) is 0 Å². The smallest absolute Gasteiger partial charge is 0.286 e. The van der Waals surface area contributed by atoms with E-state index in [1.165, 1.54) is 6.26 Å². The summed E-state index contributed by atoms with van der Waals surface area (Å²) >= 11 is 0. The summed E-state index contributed by atoms with van der Waals surface area (Å²) in [5.41, 5.74) is 0. The van der Waals surface area contributed by atoms with Gasteiger partial charge in [0.25, 0.3) is 18.8 Å². The van der Waals surface area contributed by atoms with E-state index in [1.54, 1.807) is 12.5 Å². The number of hydrogen-bond donors (Lipinski definition) is 0. The maximum Gasteiger partial charge on any atom is 0.286 e. The van der Waals surface area contributed by atoms with Gasteiger partial charge in [-0.15, -0.1) is 0 Å². The molecule has 0 saturated carbocycles. The van der Waals surface area contributed by atoms with Crippen molar-refractivity contribution >= 4 is 0 Å². The summed E-state index contributed by atoms with van der Waals surface area (Å²) in [7, 11) is 0. The molecule has 0 aliphatic rings. The number of hydrogen-bond acceptors (Lipinski definition) is 6. The summed E-state index contributed by atoms with van der Waals surface area (Å²) in [6.45, 7) is 0.531. The van der Waals surface area contributed by atoms with Crippen molar-refractivity contribution in [3.8, 4) is 18.8 Å². The Balaban J connectivity index is 3.61. The van der Waals surface area contributed by atoms with Crippen molar-refractivity contribution in [1.29, 1.82) is 15.8 Å². The second-order valence-electron chi connectivity index (χ2n) is 2.64. The van der Waals surface area contributed by atoms with Gasteiger partial charge in [0.1, 0.15) is 19.3 Å². The normalized spacial score (nSPS) is 10.2. The Kier molecular flexibility index (Phi) is 8.54. The standard InChI is InChI=1S/C9H11N3O3/c10-6-13-4-1-2-9(15-8-12)3-5-14-7-11/h9H,1-5H2. The molecule has 0 aromatic heterocycles. The molecule has 15 heavy (non-hydrogen) atoms. The van der Waals surface area contributed by atoms with Gasteiger partial charge < -0.3 is 14.2 Å². The van der Waals surface area contributed by atoms with E-state index in [1.807, 2.05) is 0 Å². The maximum atomic E-state index is 8.33. The molecule has 0 rings (SSSR count). The molecule has 0 radical (unpaired) electrons. The average Bonchev–Trinajstić information content (AvgIpc) is 2.24. The number of rotatable bonds is 8. The van der Waals surface area contributed by atoms with Crippen LogP contribution in [0.25, 0.3) is 0 Å². The highest BCUT2D eigenvalue weighted by Crippen LogP contribution is 2.07. The monoisotopic (exact) mass is 209 g/mol. The summed E-state index contributed by atoms with van der Waals surface area (Å²) in [6.07, 6.45) is 6.06. The Bertz CT molecular complexity index is 274. The molecule has 0 N–H and O–H groups in total. The van der Waals surface area contributed by atoms with E-state index >= 15 is 0 Å². The molecule has 6 heteroatoms. The number of nitriles is 3. The van der Waals surface area contributed by atoms with Gasteiger partial charge in [-0.1, -0.05) is 0 Å². The average molecular weight is 209 g/mol. The molecule has 0 spiro atoms. The zero-order chi connectivity index (χ0) is 11.4. The second-order valence-corrected chi connectivity index (χ2v) is 2.64. The van der Waals surface area contributed by atoms with Crippen molar-refractivity contribution in [3.63, 3.8) is 0 Å². The van der Waals surface area contributed by atoms with Crippen molar-refractivity contribution in [2.75, 3.05) is 13.2 Å². The predicted octanol–water partition coefficient (Wildman–Crippen LogP) is 1.02. The van der Waals surface area contributed by atoms with Crippen molar-refractivity contribution in [2.24, 2.45) is 0 Å². The molecule has 0 aromatic carbocycles. The summed E-state index contributed by atoms with van der Waals surface area (Å²) in [6, 6.07) is 0. The molecule has 1 atom stereocenters. The lowest BCUT2D eigenvalue weighted by Gasteiger charge is -2.11. The van der Waals surface area contributed by atoms with E-state index in [0.717, 1.165) is 0 Å². The zero-order valence-corrected chi connectivity index (χ0v) is 8.18. The van der Waals surface area contributed by atoms with Crippen LogP contribution in [0.3, 0.4) is 0 Å². The summed E-state index contributed by atoms with van der Waals surface area (Å²) < 4.78 is 13.7. The van der Waals surface area contributed by atoms with E-state index in [-0.39, 0.29) is 12.7 Å². The van der Waals surface area contributed by atoms with Gasteiger partial charge in [-0.2, -0.15) is 15.8 Å². The van der Waals surface area contributed by atoms with Gasteiger partial charge in [-0.3, -0.25) is 0 Å². The second kappa shape index (κ2) is 9.95. The fourth-order valence-corrected chi connectivity index (χ4v) is 1.00. The third kappa shape index (κ3) is 8.21. The first-order valence-corrected chi connectivity index (χ1v) is 4.41. The van der Waals surface area contributed by atoms with Crippen LogP contribution in [0.4, 0.5) is 0 Å². The van der Waals surface area contributed by atoms with Crippen molar-refractivity contribution in [1.82, 2.24) is 0 Å². The van der Waals surface area contributed by atoms with E-state index in [0.29, 0.717) is 25.9 Å². The van der Waals surface area contributed by atoms with E-state index in [9.17, 15) is 0 Å². The fourth-order valence-electron chi connectivity index (χ4n) is 1.00. The van der Waals surface area contributed by atoms with Crippen LogP contribution in [0.5, 0.6) is 0 Å². The van der Waals surface area contributed by atoms with Gasteiger partial charge in [0.2, 0.25) is 0 Å². The lowest BCUT2D eigenvalue weighted by molar-refractivity contribution is 0.106. The molecule has 0 saturated heterocycles. The Labute approximate surface area is 88.2 Å². The Morgan fingerprint density at radius 1 is 0.867 bits per heavy atom. The highest BCUT2D eigenvalue weighted by atomic mass is 16.5. The largest absolute Gasteiger partial charge is 0.428 e. The Hall–Kier alpha value is -2.13. The van der Waals surface area contributed by atoms with E-state index in [2.05, 4.69) is 9.47 Å². The lowest BCUT2D eigenvalue weighted by atomic mass is 10.1. The first-order valence-electron chi connectivity index (χ1n) is 4.41. The number of ether oxygens (including phenoxy) is 3. The first kappa shape index (κ1) is 12.9. The van der Waals surface area contributed by atoms with Gasteiger partial charge in [0.05, 0.1) is 0 Å². The molecule has 0 amide bonds. The van der Waals surface area contributed by atoms with Gasteiger partial charge in [0.15, 0.2) is 0 Å². The highest BCUT2D eigenvalue weighted by molar-refractivity contribution is 4.65. The third-order valence-corrected chi connectivity index (χ3v) is 1.66. The van der Waals surface area contributed by atoms with Crippen molar-refractivity contribution in [2.45, 2.75) is 25.4 Å². The minimum Gasteiger partial charge on any atom is -0.428 e. The molecular weight excluding hydrogens is 198 g/mol. The summed E-state index contributed by atoms with van der Waals surface area (Å²) in [4.78, 5) is 0. The fraction of sp³-hybridized carbons (Fsp3) is 0.667. The van der Waals surface area contributed by atoms with Crippen molar-refractivity contribution < 1.29 is 14.2 Å². The van der Waals surface area contributed by atoms with Gasteiger partial charge in [0, 0.05) is 6.42 Å². The number of nitrogens with zero attached hydrogens (tertiary/aromatic N) is 3. The van der Waals surface area contributed by atoms with Crippen LogP contribution in [0.2, 0.25) is 0 Å². The quantitative estimate of drug-likeness (QED) is 0.437. The molecule has 0 aliphatic heterocycles. The minimum atomic E-state index is -0.286. The maximum absolute atomic E-state index is 8.33. The van der Waals surface area contributed by atoms with Gasteiger partial charge >= 0.3 is 0 Å².